The molecule has 0 radical (unpaired) electrons. The molecule has 0 aromatic carbocycles. The van der Waals surface area contributed by atoms with E-state index in [1.807, 2.05) is 13.8 Å². The number of aliphatic imine (C=N–C) groups is 1. The summed E-state index contributed by atoms with van der Waals surface area (Å²) >= 11 is 0. The average molecular weight is 283 g/mol. The molecule has 1 rings (SSSR count). The zero-order chi connectivity index (χ0) is 15.0. The summed E-state index contributed by atoms with van der Waals surface area (Å²) in [6.07, 6.45) is 6.52. The van der Waals surface area contributed by atoms with E-state index in [0.717, 1.165) is 31.3 Å². The van der Waals surface area contributed by atoms with Crippen molar-refractivity contribution < 1.29 is 5.11 Å². The molecule has 1 saturated carbocycles. The normalized spacial score (nSPS) is 24.6. The van der Waals surface area contributed by atoms with Crippen LogP contribution in [0.4, 0.5) is 0 Å². The smallest absolute Gasteiger partial charge is 0.191 e. The number of hydrogen-bond acceptors (Lipinski definition) is 2. The largest absolute Gasteiger partial charge is 0.388 e. The Hall–Kier alpha value is -0.770. The highest BCUT2D eigenvalue weighted by atomic mass is 16.3. The molecule has 0 atom stereocenters. The summed E-state index contributed by atoms with van der Waals surface area (Å²) in [6, 6.07) is 0.528. The zero-order valence-electron chi connectivity index (χ0n) is 13.7. The van der Waals surface area contributed by atoms with Gasteiger partial charge in [-0.15, -0.1) is 0 Å². The number of rotatable bonds is 6. The van der Waals surface area contributed by atoms with Crippen molar-refractivity contribution in [3.63, 3.8) is 0 Å². The van der Waals surface area contributed by atoms with Crippen LogP contribution in [0.5, 0.6) is 0 Å². The fourth-order valence-corrected chi connectivity index (χ4v) is 2.62. The monoisotopic (exact) mass is 283 g/mol. The van der Waals surface area contributed by atoms with Gasteiger partial charge in [0, 0.05) is 12.6 Å². The second-order valence-electron chi connectivity index (χ2n) is 6.23. The first-order valence-electron chi connectivity index (χ1n) is 8.30. The summed E-state index contributed by atoms with van der Waals surface area (Å²) in [4.78, 5) is 4.58. The van der Waals surface area contributed by atoms with E-state index in [1.54, 1.807) is 0 Å². The van der Waals surface area contributed by atoms with E-state index >= 15 is 0 Å². The molecule has 4 heteroatoms. The van der Waals surface area contributed by atoms with Crippen molar-refractivity contribution in [3.05, 3.63) is 0 Å². The predicted octanol–water partition coefficient (Wildman–Crippen LogP) is 2.67. The van der Waals surface area contributed by atoms with E-state index < -0.39 is 5.60 Å². The van der Waals surface area contributed by atoms with Gasteiger partial charge in [-0.2, -0.15) is 0 Å². The first-order valence-corrected chi connectivity index (χ1v) is 8.30. The standard InChI is InChI=1S/C16H33N3O/c1-5-16(20,6-2)12-18-15(17-7-3)19-14-10-8-13(4)9-11-14/h13-14,20H,5-12H2,1-4H3,(H2,17,18,19). The van der Waals surface area contributed by atoms with Gasteiger partial charge < -0.3 is 15.7 Å². The minimum atomic E-state index is -0.663. The van der Waals surface area contributed by atoms with Crippen LogP contribution in [0.3, 0.4) is 0 Å². The molecular weight excluding hydrogens is 250 g/mol. The highest BCUT2D eigenvalue weighted by Gasteiger charge is 2.23. The molecule has 0 unspecified atom stereocenters. The molecule has 118 valence electrons. The van der Waals surface area contributed by atoms with Crippen molar-refractivity contribution in [2.45, 2.75) is 77.9 Å². The molecule has 0 saturated heterocycles. The highest BCUT2D eigenvalue weighted by molar-refractivity contribution is 5.80. The summed E-state index contributed by atoms with van der Waals surface area (Å²) in [5, 5.41) is 17.1. The van der Waals surface area contributed by atoms with E-state index in [-0.39, 0.29) is 0 Å². The molecule has 1 fully saturated rings. The Morgan fingerprint density at radius 2 is 1.75 bits per heavy atom. The fraction of sp³-hybridized carbons (Fsp3) is 0.938. The molecule has 20 heavy (non-hydrogen) atoms. The molecular formula is C16H33N3O. The minimum Gasteiger partial charge on any atom is -0.388 e. The van der Waals surface area contributed by atoms with Crippen LogP contribution in [0, 0.1) is 5.92 Å². The number of nitrogens with zero attached hydrogens (tertiary/aromatic N) is 1. The number of nitrogens with one attached hydrogen (secondary N) is 2. The molecule has 0 amide bonds. The molecule has 0 aromatic heterocycles. The third-order valence-corrected chi connectivity index (χ3v) is 4.55. The Morgan fingerprint density at radius 1 is 1.15 bits per heavy atom. The summed E-state index contributed by atoms with van der Waals surface area (Å²) in [5.41, 5.74) is -0.663. The maximum atomic E-state index is 10.3. The average Bonchev–Trinajstić information content (AvgIpc) is 2.47. The second-order valence-corrected chi connectivity index (χ2v) is 6.23. The molecule has 1 aliphatic rings. The Morgan fingerprint density at radius 3 is 2.25 bits per heavy atom. The van der Waals surface area contributed by atoms with Crippen LogP contribution in [0.2, 0.25) is 0 Å². The molecule has 1 aliphatic carbocycles. The van der Waals surface area contributed by atoms with Crippen molar-refractivity contribution in [3.8, 4) is 0 Å². The van der Waals surface area contributed by atoms with Crippen molar-refractivity contribution in [1.82, 2.24) is 10.6 Å². The van der Waals surface area contributed by atoms with Crippen molar-refractivity contribution in [2.24, 2.45) is 10.9 Å². The maximum Gasteiger partial charge on any atom is 0.191 e. The first-order chi connectivity index (χ1) is 9.53. The molecule has 0 bridgehead atoms. The van der Waals surface area contributed by atoms with E-state index in [9.17, 15) is 5.11 Å². The lowest BCUT2D eigenvalue weighted by Crippen LogP contribution is -2.45. The molecule has 0 heterocycles. The molecule has 0 spiro atoms. The number of hydrogen-bond donors (Lipinski definition) is 3. The summed E-state index contributed by atoms with van der Waals surface area (Å²) < 4.78 is 0. The molecule has 4 nitrogen and oxygen atoms in total. The van der Waals surface area contributed by atoms with Crippen LogP contribution in [-0.2, 0) is 0 Å². The fourth-order valence-electron chi connectivity index (χ4n) is 2.62. The Balaban J connectivity index is 2.54. The van der Waals surface area contributed by atoms with E-state index in [2.05, 4.69) is 29.5 Å². The lowest BCUT2D eigenvalue weighted by atomic mass is 9.87. The summed E-state index contributed by atoms with van der Waals surface area (Å²) in [6.45, 7) is 9.76. The second kappa shape index (κ2) is 8.50. The zero-order valence-corrected chi connectivity index (χ0v) is 13.7. The maximum absolute atomic E-state index is 10.3. The van der Waals surface area contributed by atoms with Crippen LogP contribution in [0.15, 0.2) is 4.99 Å². The van der Waals surface area contributed by atoms with Crippen LogP contribution in [-0.4, -0.2) is 35.8 Å². The van der Waals surface area contributed by atoms with Crippen molar-refractivity contribution >= 4 is 5.96 Å². The van der Waals surface area contributed by atoms with Crippen molar-refractivity contribution in [2.75, 3.05) is 13.1 Å². The Bertz CT molecular complexity index is 292. The lowest BCUT2D eigenvalue weighted by Gasteiger charge is -2.29. The summed E-state index contributed by atoms with van der Waals surface area (Å²) in [5.74, 6) is 1.71. The van der Waals surface area contributed by atoms with Gasteiger partial charge in [-0.05, 0) is 51.4 Å². The van der Waals surface area contributed by atoms with Crippen LogP contribution < -0.4 is 10.6 Å². The Labute approximate surface area is 124 Å². The van der Waals surface area contributed by atoms with Crippen LogP contribution in [0.1, 0.15) is 66.2 Å². The minimum absolute atomic E-state index is 0.471. The van der Waals surface area contributed by atoms with Gasteiger partial charge in [0.1, 0.15) is 0 Å². The third kappa shape index (κ3) is 5.70. The van der Waals surface area contributed by atoms with Gasteiger partial charge in [-0.1, -0.05) is 20.8 Å². The van der Waals surface area contributed by atoms with Gasteiger partial charge in [0.2, 0.25) is 0 Å². The van der Waals surface area contributed by atoms with Gasteiger partial charge in [0.25, 0.3) is 0 Å². The van der Waals surface area contributed by atoms with E-state index in [1.165, 1.54) is 25.7 Å². The number of aliphatic hydroxyl groups is 1. The first kappa shape index (κ1) is 17.3. The highest BCUT2D eigenvalue weighted by Crippen LogP contribution is 2.23. The Kier molecular flexibility index (Phi) is 7.35. The van der Waals surface area contributed by atoms with Gasteiger partial charge >= 0.3 is 0 Å². The van der Waals surface area contributed by atoms with E-state index in [0.29, 0.717) is 12.6 Å². The topological polar surface area (TPSA) is 56.7 Å². The van der Waals surface area contributed by atoms with Gasteiger partial charge in [0.15, 0.2) is 5.96 Å². The molecule has 3 N–H and O–H groups in total. The lowest BCUT2D eigenvalue weighted by molar-refractivity contribution is 0.0417. The van der Waals surface area contributed by atoms with Gasteiger partial charge in [-0.25, -0.2) is 0 Å². The number of guanidine groups is 1. The van der Waals surface area contributed by atoms with Gasteiger partial charge in [-0.3, -0.25) is 4.99 Å². The third-order valence-electron chi connectivity index (χ3n) is 4.55. The van der Waals surface area contributed by atoms with Gasteiger partial charge in [0.05, 0.1) is 12.1 Å². The molecule has 0 aromatic rings. The quantitative estimate of drug-likeness (QED) is 0.519. The van der Waals surface area contributed by atoms with Crippen molar-refractivity contribution in [1.29, 1.82) is 0 Å². The molecule has 0 aliphatic heterocycles. The van der Waals surface area contributed by atoms with Crippen LogP contribution in [0.25, 0.3) is 0 Å². The SMILES string of the molecule is CCNC(=NCC(O)(CC)CC)NC1CCC(C)CC1. The van der Waals surface area contributed by atoms with Crippen LogP contribution >= 0.6 is 0 Å². The summed E-state index contributed by atoms with van der Waals surface area (Å²) in [7, 11) is 0. The predicted molar refractivity (Wildman–Crippen MR) is 86.1 cm³/mol. The van der Waals surface area contributed by atoms with E-state index in [4.69, 9.17) is 0 Å².